The zero-order valence-corrected chi connectivity index (χ0v) is 7.63. The Balaban J connectivity index is 2.63. The predicted molar refractivity (Wildman–Crippen MR) is 45.5 cm³/mol. The van der Waals surface area contributed by atoms with Gasteiger partial charge in [-0.05, 0) is 40.2 Å². The first-order valence-electron chi connectivity index (χ1n) is 4.28. The van der Waals surface area contributed by atoms with Gasteiger partial charge < -0.3 is 4.79 Å². The minimum Gasteiger partial charge on any atom is -0.302 e. The third-order valence-corrected chi connectivity index (χ3v) is 2.32. The molecule has 1 saturated heterocycles. The Kier molecular flexibility index (Phi) is 2.33. The van der Waals surface area contributed by atoms with Gasteiger partial charge in [0.05, 0.1) is 6.04 Å². The molecule has 2 nitrogen and oxygen atoms in total. The number of carbonyl (C=O) groups excluding carboxylic acids is 1. The lowest BCUT2D eigenvalue weighted by Gasteiger charge is -2.34. The van der Waals surface area contributed by atoms with Gasteiger partial charge in [-0.25, -0.2) is 0 Å². The Morgan fingerprint density at radius 3 is 2.45 bits per heavy atom. The molecule has 0 aliphatic carbocycles. The van der Waals surface area contributed by atoms with Crippen LogP contribution in [0, 0.1) is 0 Å². The molecule has 0 bridgehead atoms. The molecule has 0 unspecified atom stereocenters. The van der Waals surface area contributed by atoms with Crippen LogP contribution in [0.2, 0.25) is 0 Å². The van der Waals surface area contributed by atoms with Gasteiger partial charge in [0.25, 0.3) is 0 Å². The highest BCUT2D eigenvalue weighted by Gasteiger charge is 2.32. The van der Waals surface area contributed by atoms with E-state index in [1.165, 1.54) is 6.42 Å². The highest BCUT2D eigenvalue weighted by atomic mass is 16.1. The van der Waals surface area contributed by atoms with E-state index in [9.17, 15) is 4.79 Å². The van der Waals surface area contributed by atoms with E-state index in [4.69, 9.17) is 0 Å². The van der Waals surface area contributed by atoms with Crippen LogP contribution >= 0.6 is 0 Å². The maximum Gasteiger partial charge on any atom is 0.137 e. The molecule has 1 aliphatic rings. The first-order chi connectivity index (χ1) is 5.05. The summed E-state index contributed by atoms with van der Waals surface area (Å²) >= 11 is 0. The molecule has 0 amide bonds. The van der Waals surface area contributed by atoms with Gasteiger partial charge in [0.2, 0.25) is 0 Å². The number of likely N-dealkylation sites (tertiary alicyclic amines) is 1. The fraction of sp³-hybridized carbons (Fsp3) is 0.889. The molecule has 1 heterocycles. The molecule has 11 heavy (non-hydrogen) atoms. The summed E-state index contributed by atoms with van der Waals surface area (Å²) in [6.07, 6.45) is 3.29. The van der Waals surface area contributed by atoms with Crippen molar-refractivity contribution in [2.24, 2.45) is 0 Å². The van der Waals surface area contributed by atoms with Crippen molar-refractivity contribution < 1.29 is 4.79 Å². The van der Waals surface area contributed by atoms with E-state index in [0.717, 1.165) is 19.3 Å². The maximum atomic E-state index is 10.6. The number of nitrogens with zero attached hydrogens (tertiary/aromatic N) is 1. The van der Waals surface area contributed by atoms with Gasteiger partial charge in [0.15, 0.2) is 0 Å². The molecule has 0 saturated carbocycles. The lowest BCUT2D eigenvalue weighted by molar-refractivity contribution is -0.113. The Hall–Kier alpha value is -0.370. The van der Waals surface area contributed by atoms with Gasteiger partial charge in [-0.3, -0.25) is 4.90 Å². The van der Waals surface area contributed by atoms with E-state index in [0.29, 0.717) is 0 Å². The summed E-state index contributed by atoms with van der Waals surface area (Å²) in [4.78, 5) is 12.9. The third-order valence-electron chi connectivity index (χ3n) is 2.32. The third kappa shape index (κ3) is 1.80. The molecule has 0 radical (unpaired) electrons. The van der Waals surface area contributed by atoms with Gasteiger partial charge in [0.1, 0.15) is 6.29 Å². The number of aldehydes is 1. The van der Waals surface area contributed by atoms with E-state index in [2.05, 4.69) is 25.7 Å². The molecule has 1 fully saturated rings. The fourth-order valence-electron chi connectivity index (χ4n) is 1.77. The highest BCUT2D eigenvalue weighted by molar-refractivity contribution is 5.58. The van der Waals surface area contributed by atoms with Gasteiger partial charge in [-0.1, -0.05) is 0 Å². The molecule has 64 valence electrons. The first-order valence-corrected chi connectivity index (χ1v) is 4.28. The largest absolute Gasteiger partial charge is 0.302 e. The van der Waals surface area contributed by atoms with Crippen molar-refractivity contribution in [3.8, 4) is 0 Å². The van der Waals surface area contributed by atoms with Crippen molar-refractivity contribution >= 4 is 6.29 Å². The lowest BCUT2D eigenvalue weighted by atomic mass is 10.1. The lowest BCUT2D eigenvalue weighted by Crippen LogP contribution is -2.45. The Bertz CT molecular complexity index is 148. The molecule has 0 aromatic rings. The van der Waals surface area contributed by atoms with Crippen LogP contribution in [0.4, 0.5) is 0 Å². The van der Waals surface area contributed by atoms with Crippen LogP contribution < -0.4 is 0 Å². The monoisotopic (exact) mass is 155 g/mol. The summed E-state index contributed by atoms with van der Waals surface area (Å²) in [7, 11) is 0. The number of carbonyl (C=O) groups is 1. The van der Waals surface area contributed by atoms with E-state index >= 15 is 0 Å². The van der Waals surface area contributed by atoms with E-state index < -0.39 is 0 Å². The second-order valence-electron chi connectivity index (χ2n) is 4.21. The predicted octanol–water partition coefficient (Wildman–Crippen LogP) is 1.45. The fourth-order valence-corrected chi connectivity index (χ4v) is 1.77. The summed E-state index contributed by atoms with van der Waals surface area (Å²) in [5, 5.41) is 0. The molecule has 1 atom stereocenters. The summed E-state index contributed by atoms with van der Waals surface area (Å²) in [6.45, 7) is 7.56. The maximum absolute atomic E-state index is 10.6. The molecule has 0 aromatic carbocycles. The molecule has 2 heteroatoms. The number of hydrogen-bond acceptors (Lipinski definition) is 2. The minimum atomic E-state index is 0.155. The van der Waals surface area contributed by atoms with Crippen LogP contribution in [0.25, 0.3) is 0 Å². The van der Waals surface area contributed by atoms with Crippen molar-refractivity contribution in [1.82, 2.24) is 4.90 Å². The summed E-state index contributed by atoms with van der Waals surface area (Å²) < 4.78 is 0. The van der Waals surface area contributed by atoms with Gasteiger partial charge in [-0.15, -0.1) is 0 Å². The summed E-state index contributed by atoms with van der Waals surface area (Å²) in [5.41, 5.74) is 0.155. The average Bonchev–Trinajstić information content (AvgIpc) is 2.31. The van der Waals surface area contributed by atoms with Crippen molar-refractivity contribution in [3.05, 3.63) is 0 Å². The minimum absolute atomic E-state index is 0.155. The number of hydrogen-bond donors (Lipinski definition) is 0. The molecular weight excluding hydrogens is 138 g/mol. The Labute approximate surface area is 68.6 Å². The van der Waals surface area contributed by atoms with Crippen molar-refractivity contribution in [2.45, 2.75) is 45.2 Å². The molecular formula is C9H17NO. The second-order valence-corrected chi connectivity index (χ2v) is 4.21. The Morgan fingerprint density at radius 2 is 2.09 bits per heavy atom. The zero-order chi connectivity index (χ0) is 8.48. The van der Waals surface area contributed by atoms with E-state index in [1.54, 1.807) is 0 Å². The smallest absolute Gasteiger partial charge is 0.137 e. The second kappa shape index (κ2) is 2.94. The van der Waals surface area contributed by atoms with Crippen LogP contribution in [0.15, 0.2) is 0 Å². The summed E-state index contributed by atoms with van der Waals surface area (Å²) in [5.74, 6) is 0. The average molecular weight is 155 g/mol. The topological polar surface area (TPSA) is 20.3 Å². The van der Waals surface area contributed by atoms with Crippen LogP contribution in [0.3, 0.4) is 0 Å². The van der Waals surface area contributed by atoms with Crippen LogP contribution in [-0.2, 0) is 4.79 Å². The summed E-state index contributed by atoms with van der Waals surface area (Å²) in [6, 6.07) is 0.176. The SMILES string of the molecule is CC(C)(C)N1CCC[C@H]1C=O. The van der Waals surface area contributed by atoms with Gasteiger partial charge in [-0.2, -0.15) is 0 Å². The van der Waals surface area contributed by atoms with Crippen molar-refractivity contribution in [1.29, 1.82) is 0 Å². The van der Waals surface area contributed by atoms with Crippen molar-refractivity contribution in [3.63, 3.8) is 0 Å². The molecule has 0 N–H and O–H groups in total. The molecule has 1 aliphatic heterocycles. The van der Waals surface area contributed by atoms with E-state index in [1.807, 2.05) is 0 Å². The molecule has 0 spiro atoms. The highest BCUT2D eigenvalue weighted by Crippen LogP contribution is 2.24. The van der Waals surface area contributed by atoms with E-state index in [-0.39, 0.29) is 11.6 Å². The quantitative estimate of drug-likeness (QED) is 0.534. The van der Waals surface area contributed by atoms with Crippen LogP contribution in [0.1, 0.15) is 33.6 Å². The van der Waals surface area contributed by atoms with Crippen LogP contribution in [-0.4, -0.2) is 29.3 Å². The first kappa shape index (κ1) is 8.72. The zero-order valence-electron chi connectivity index (χ0n) is 7.63. The van der Waals surface area contributed by atoms with Crippen LogP contribution in [0.5, 0.6) is 0 Å². The van der Waals surface area contributed by atoms with Gasteiger partial charge in [0, 0.05) is 5.54 Å². The molecule has 1 rings (SSSR count). The molecule has 0 aromatic heterocycles. The van der Waals surface area contributed by atoms with Gasteiger partial charge >= 0.3 is 0 Å². The number of rotatable bonds is 1. The Morgan fingerprint density at radius 1 is 1.45 bits per heavy atom. The standard InChI is InChI=1S/C9H17NO/c1-9(2,3)10-6-4-5-8(10)7-11/h7-8H,4-6H2,1-3H3/t8-/m0/s1. The van der Waals surface area contributed by atoms with Crippen molar-refractivity contribution in [2.75, 3.05) is 6.54 Å². The normalized spacial score (nSPS) is 27.4.